The number of halogens is 3. The average molecular weight is 173 g/mol. The minimum Gasteiger partial charge on any atom is -0.251 e. The van der Waals surface area contributed by atoms with Gasteiger partial charge in [0.15, 0.2) is 0 Å². The molecular weight excluding hydrogens is 163 g/mol. The van der Waals surface area contributed by atoms with E-state index in [0.29, 0.717) is 0 Å². The molecule has 0 aliphatic heterocycles. The predicted octanol–water partition coefficient (Wildman–Crippen LogP) is 2.54. The highest BCUT2D eigenvalue weighted by molar-refractivity contribution is 7.98. The van der Waals surface area contributed by atoms with Crippen molar-refractivity contribution in [1.82, 2.24) is 4.72 Å². The summed E-state index contributed by atoms with van der Waals surface area (Å²) in [6.07, 6.45) is 0. The third kappa shape index (κ3) is 8.10. The second-order valence-corrected chi connectivity index (χ2v) is 3.77. The van der Waals surface area contributed by atoms with Crippen molar-refractivity contribution in [2.24, 2.45) is 0 Å². The van der Waals surface area contributed by atoms with Gasteiger partial charge in [-0.05, 0) is 20.8 Å². The van der Waals surface area contributed by atoms with Gasteiger partial charge < -0.3 is 0 Å². The van der Waals surface area contributed by atoms with Gasteiger partial charge in [-0.3, -0.25) is 4.72 Å². The van der Waals surface area contributed by atoms with Crippen LogP contribution in [0.5, 0.6) is 0 Å². The molecule has 0 saturated heterocycles. The Kier molecular flexibility index (Phi) is 3.03. The molecule has 1 nitrogen and oxygen atoms in total. The van der Waals surface area contributed by atoms with Crippen LogP contribution in [0.15, 0.2) is 0 Å². The molecule has 0 aromatic heterocycles. The van der Waals surface area contributed by atoms with Crippen LogP contribution in [0.1, 0.15) is 20.8 Å². The van der Waals surface area contributed by atoms with E-state index in [4.69, 9.17) is 0 Å². The standard InChI is InChI=1S/C5H10F3NS/c1-4(2,3)9-10-5(6,7)8/h9H,1-3H3. The molecule has 0 amide bonds. The summed E-state index contributed by atoms with van der Waals surface area (Å²) in [5.41, 5.74) is -4.69. The van der Waals surface area contributed by atoms with E-state index in [0.717, 1.165) is 0 Å². The lowest BCUT2D eigenvalue weighted by atomic mass is 10.1. The van der Waals surface area contributed by atoms with E-state index < -0.39 is 11.0 Å². The van der Waals surface area contributed by atoms with Crippen molar-refractivity contribution in [3.63, 3.8) is 0 Å². The predicted molar refractivity (Wildman–Crippen MR) is 36.5 cm³/mol. The zero-order chi connectivity index (χ0) is 8.41. The number of hydrogen-bond acceptors (Lipinski definition) is 2. The van der Waals surface area contributed by atoms with Crippen molar-refractivity contribution in [3.8, 4) is 0 Å². The molecule has 0 fully saturated rings. The lowest BCUT2D eigenvalue weighted by Crippen LogP contribution is -2.32. The normalized spacial score (nSPS) is 13.8. The van der Waals surface area contributed by atoms with E-state index in [2.05, 4.69) is 4.72 Å². The highest BCUT2D eigenvalue weighted by Gasteiger charge is 2.30. The van der Waals surface area contributed by atoms with Gasteiger partial charge in [-0.15, -0.1) is 0 Å². The van der Waals surface area contributed by atoms with Crippen LogP contribution in [0.3, 0.4) is 0 Å². The second kappa shape index (κ2) is 3.00. The lowest BCUT2D eigenvalue weighted by molar-refractivity contribution is -0.0340. The van der Waals surface area contributed by atoms with Crippen LogP contribution in [0.25, 0.3) is 0 Å². The van der Waals surface area contributed by atoms with Crippen LogP contribution in [0.4, 0.5) is 13.2 Å². The first kappa shape index (κ1) is 10.1. The molecule has 5 heteroatoms. The molecule has 0 atom stereocenters. The Morgan fingerprint density at radius 1 is 1.10 bits per heavy atom. The van der Waals surface area contributed by atoms with E-state index in [1.807, 2.05) is 0 Å². The largest absolute Gasteiger partial charge is 0.456 e. The van der Waals surface area contributed by atoms with E-state index in [1.165, 1.54) is 0 Å². The van der Waals surface area contributed by atoms with Gasteiger partial charge in [-0.1, -0.05) is 0 Å². The van der Waals surface area contributed by atoms with Gasteiger partial charge in [-0.2, -0.15) is 13.2 Å². The summed E-state index contributed by atoms with van der Waals surface area (Å²) in [6, 6.07) is 0. The Morgan fingerprint density at radius 3 is 1.60 bits per heavy atom. The molecule has 62 valence electrons. The molecule has 10 heavy (non-hydrogen) atoms. The van der Waals surface area contributed by atoms with Crippen LogP contribution >= 0.6 is 11.9 Å². The summed E-state index contributed by atoms with van der Waals surface area (Å²) < 4.78 is 36.7. The smallest absolute Gasteiger partial charge is 0.251 e. The Hall–Kier alpha value is 0.100. The number of hydrogen-bond donors (Lipinski definition) is 1. The highest BCUT2D eigenvalue weighted by Crippen LogP contribution is 2.28. The molecule has 0 aliphatic rings. The number of rotatable bonds is 1. The summed E-state index contributed by atoms with van der Waals surface area (Å²) in [7, 11) is 0. The molecule has 0 bridgehead atoms. The maximum atomic E-state index is 11.5. The van der Waals surface area contributed by atoms with Crippen molar-refractivity contribution in [1.29, 1.82) is 0 Å². The van der Waals surface area contributed by atoms with Gasteiger partial charge in [0.05, 0.1) is 0 Å². The van der Waals surface area contributed by atoms with Crippen molar-refractivity contribution in [2.75, 3.05) is 0 Å². The van der Waals surface area contributed by atoms with E-state index in [1.54, 1.807) is 20.8 Å². The number of alkyl halides is 3. The first-order valence-corrected chi connectivity index (χ1v) is 3.54. The quantitative estimate of drug-likeness (QED) is 0.611. The van der Waals surface area contributed by atoms with Crippen molar-refractivity contribution in [2.45, 2.75) is 31.8 Å². The monoisotopic (exact) mass is 173 g/mol. The van der Waals surface area contributed by atoms with E-state index in [-0.39, 0.29) is 11.9 Å². The van der Waals surface area contributed by atoms with Crippen molar-refractivity contribution >= 4 is 11.9 Å². The average Bonchev–Trinajstić information content (AvgIpc) is 1.57. The van der Waals surface area contributed by atoms with Gasteiger partial charge in [0.25, 0.3) is 0 Å². The molecule has 0 aliphatic carbocycles. The van der Waals surface area contributed by atoms with Gasteiger partial charge >= 0.3 is 5.51 Å². The van der Waals surface area contributed by atoms with Crippen LogP contribution < -0.4 is 4.72 Å². The van der Waals surface area contributed by atoms with Crippen molar-refractivity contribution < 1.29 is 13.2 Å². The minimum atomic E-state index is -4.19. The third-order valence-corrected chi connectivity index (χ3v) is 1.42. The summed E-state index contributed by atoms with van der Waals surface area (Å²) in [4.78, 5) is 0. The summed E-state index contributed by atoms with van der Waals surface area (Å²) in [5.74, 6) is 0. The Balaban J connectivity index is 3.56. The minimum absolute atomic E-state index is 0.209. The van der Waals surface area contributed by atoms with Crippen molar-refractivity contribution in [3.05, 3.63) is 0 Å². The molecule has 0 radical (unpaired) electrons. The summed E-state index contributed by atoms with van der Waals surface area (Å²) >= 11 is -0.209. The molecule has 0 aromatic carbocycles. The molecule has 0 rings (SSSR count). The molecule has 0 aromatic rings. The maximum Gasteiger partial charge on any atom is 0.456 e. The van der Waals surface area contributed by atoms with Gasteiger partial charge in [-0.25, -0.2) is 0 Å². The molecule has 0 spiro atoms. The fraction of sp³-hybridized carbons (Fsp3) is 1.00. The Bertz CT molecular complexity index is 90.4. The van der Waals surface area contributed by atoms with Crippen LogP contribution in [-0.4, -0.2) is 11.0 Å². The first-order valence-electron chi connectivity index (χ1n) is 2.73. The Morgan fingerprint density at radius 2 is 1.50 bits per heavy atom. The van der Waals surface area contributed by atoms with Crippen LogP contribution in [0.2, 0.25) is 0 Å². The summed E-state index contributed by atoms with van der Waals surface area (Å²) in [6.45, 7) is 5.02. The molecule has 0 unspecified atom stereocenters. The second-order valence-electron chi connectivity index (χ2n) is 2.90. The highest BCUT2D eigenvalue weighted by atomic mass is 32.2. The molecule has 0 saturated carbocycles. The SMILES string of the molecule is CC(C)(C)NSC(F)(F)F. The van der Waals surface area contributed by atoms with Crippen LogP contribution in [-0.2, 0) is 0 Å². The zero-order valence-corrected chi connectivity index (χ0v) is 6.86. The topological polar surface area (TPSA) is 12.0 Å². The van der Waals surface area contributed by atoms with Gasteiger partial charge in [0, 0.05) is 17.5 Å². The van der Waals surface area contributed by atoms with Crippen LogP contribution in [0, 0.1) is 0 Å². The molecular formula is C5H10F3NS. The van der Waals surface area contributed by atoms with Gasteiger partial charge in [0.1, 0.15) is 0 Å². The first-order chi connectivity index (χ1) is 4.21. The van der Waals surface area contributed by atoms with E-state index in [9.17, 15) is 13.2 Å². The molecule has 1 N–H and O–H groups in total. The van der Waals surface area contributed by atoms with Gasteiger partial charge in [0.2, 0.25) is 0 Å². The number of nitrogens with one attached hydrogen (secondary N) is 1. The lowest BCUT2D eigenvalue weighted by Gasteiger charge is -2.19. The summed E-state index contributed by atoms with van der Waals surface area (Å²) in [5, 5.41) is 0. The fourth-order valence-electron chi connectivity index (χ4n) is 0.211. The third-order valence-electron chi connectivity index (χ3n) is 0.473. The maximum absolute atomic E-state index is 11.5. The Labute approximate surface area is 62.5 Å². The molecule has 0 heterocycles. The van der Waals surface area contributed by atoms with E-state index >= 15 is 0 Å². The zero-order valence-electron chi connectivity index (χ0n) is 6.04. The fourth-order valence-corrected chi connectivity index (χ4v) is 0.633.